The topological polar surface area (TPSA) is 94.9 Å². The maximum absolute atomic E-state index is 11.0. The third-order valence-electron chi connectivity index (χ3n) is 5.94. The molecule has 0 radical (unpaired) electrons. The molecule has 0 bridgehead atoms. The van der Waals surface area contributed by atoms with Crippen molar-refractivity contribution in [3.8, 4) is 0 Å². The monoisotopic (exact) mass is 534 g/mol. The summed E-state index contributed by atoms with van der Waals surface area (Å²) in [6.07, 6.45) is 3.34. The zero-order chi connectivity index (χ0) is 25.2. The van der Waals surface area contributed by atoms with Crippen molar-refractivity contribution < 1.29 is 4.79 Å². The van der Waals surface area contributed by atoms with E-state index in [1.54, 1.807) is 12.2 Å². The van der Waals surface area contributed by atoms with Gasteiger partial charge in [-0.15, -0.1) is 0 Å². The lowest BCUT2D eigenvalue weighted by atomic mass is 10.1. The number of rotatable bonds is 2. The van der Waals surface area contributed by atoms with Crippen molar-refractivity contribution in [2.45, 2.75) is 6.92 Å². The molecule has 2 heterocycles. The maximum Gasteiger partial charge on any atom is 0.152 e. The Morgan fingerprint density at radius 3 is 1.78 bits per heavy atom. The number of aromatic nitrogens is 2. The van der Waals surface area contributed by atoms with Crippen LogP contribution < -0.4 is 11.5 Å². The summed E-state index contributed by atoms with van der Waals surface area (Å²) < 4.78 is 1.02. The Kier molecular flexibility index (Phi) is 6.36. The number of hydrogen-bond acceptors (Lipinski definition) is 5. The van der Waals surface area contributed by atoms with Gasteiger partial charge < -0.3 is 11.5 Å². The van der Waals surface area contributed by atoms with E-state index in [1.807, 2.05) is 84.9 Å². The number of fused-ring (bicyclic) bond motifs is 4. The number of nitrogen functional groups attached to an aromatic ring is 2. The van der Waals surface area contributed by atoms with Crippen molar-refractivity contribution >= 4 is 82.8 Å². The average molecular weight is 535 g/mol. The Hall–Kier alpha value is -4.29. The van der Waals surface area contributed by atoms with Gasteiger partial charge in [0.1, 0.15) is 0 Å². The SMILES string of the molecule is CC(=O)/C=C/c1ccc2nc3ccccc3c(N)c2c1.Nc1c2ccccc2nc2ccc(Br)cc12. The minimum Gasteiger partial charge on any atom is -0.398 e. The van der Waals surface area contributed by atoms with Crippen LogP contribution in [-0.2, 0) is 4.79 Å². The van der Waals surface area contributed by atoms with Crippen molar-refractivity contribution in [1.29, 1.82) is 0 Å². The first kappa shape index (κ1) is 23.5. The minimum atomic E-state index is 0.0229. The van der Waals surface area contributed by atoms with Crippen molar-refractivity contribution in [2.75, 3.05) is 11.5 Å². The average Bonchev–Trinajstić information content (AvgIpc) is 2.89. The number of nitrogens with zero attached hydrogens (tertiary/aromatic N) is 2. The van der Waals surface area contributed by atoms with Gasteiger partial charge in [0.2, 0.25) is 0 Å². The van der Waals surface area contributed by atoms with Gasteiger partial charge in [-0.2, -0.15) is 0 Å². The van der Waals surface area contributed by atoms with E-state index < -0.39 is 0 Å². The Morgan fingerprint density at radius 1 is 0.694 bits per heavy atom. The third kappa shape index (κ3) is 4.63. The molecule has 0 atom stereocenters. The molecule has 5 nitrogen and oxygen atoms in total. The van der Waals surface area contributed by atoms with Gasteiger partial charge in [0.15, 0.2) is 5.78 Å². The van der Waals surface area contributed by atoms with Crippen molar-refractivity contribution in [3.63, 3.8) is 0 Å². The Bertz CT molecular complexity index is 1810. The van der Waals surface area contributed by atoms with Crippen molar-refractivity contribution in [1.82, 2.24) is 9.97 Å². The second kappa shape index (κ2) is 9.76. The molecule has 0 spiro atoms. The summed E-state index contributed by atoms with van der Waals surface area (Å²) in [6.45, 7) is 1.53. The number of anilines is 2. The van der Waals surface area contributed by atoms with Gasteiger partial charge in [0, 0.05) is 26.0 Å². The highest BCUT2D eigenvalue weighted by atomic mass is 79.9. The van der Waals surface area contributed by atoms with Crippen LogP contribution in [0.5, 0.6) is 0 Å². The lowest BCUT2D eigenvalue weighted by Gasteiger charge is -2.07. The molecule has 0 saturated carbocycles. The summed E-state index contributed by atoms with van der Waals surface area (Å²) in [5, 5.41) is 3.86. The number of halogens is 1. The van der Waals surface area contributed by atoms with Gasteiger partial charge in [-0.05, 0) is 61.0 Å². The molecule has 0 fully saturated rings. The second-order valence-electron chi connectivity index (χ2n) is 8.47. The van der Waals surface area contributed by atoms with Crippen molar-refractivity contribution in [2.24, 2.45) is 0 Å². The van der Waals surface area contributed by atoms with E-state index in [0.717, 1.165) is 65.0 Å². The van der Waals surface area contributed by atoms with Crippen LogP contribution >= 0.6 is 15.9 Å². The first-order valence-electron chi connectivity index (χ1n) is 11.4. The number of hydrogen-bond donors (Lipinski definition) is 2. The van der Waals surface area contributed by atoms with Crippen LogP contribution in [-0.4, -0.2) is 15.8 Å². The molecule has 4 aromatic carbocycles. The predicted octanol–water partition coefficient (Wildman–Crippen LogP) is 7.31. The molecule has 0 amide bonds. The quantitative estimate of drug-likeness (QED) is 0.179. The normalized spacial score (nSPS) is 11.3. The highest BCUT2D eigenvalue weighted by molar-refractivity contribution is 9.10. The first-order chi connectivity index (χ1) is 17.4. The van der Waals surface area contributed by atoms with Crippen LogP contribution in [0.25, 0.3) is 49.7 Å². The van der Waals surface area contributed by atoms with Crippen molar-refractivity contribution in [3.05, 3.63) is 101 Å². The molecule has 6 heteroatoms. The molecule has 2 aromatic heterocycles. The number of ketones is 1. The molecule has 176 valence electrons. The summed E-state index contributed by atoms with van der Waals surface area (Å²) in [5.74, 6) is 0.0229. The third-order valence-corrected chi connectivity index (χ3v) is 6.43. The molecule has 36 heavy (non-hydrogen) atoms. The standard InChI is InChI=1S/C17H14N2O.C13H9BrN2/c1-11(20)6-7-12-8-9-16-14(10-12)17(18)13-4-2-3-5-15(13)19-16;14-8-5-6-12-10(7-8)13(15)9-3-1-2-4-11(9)16-12/h2-10H,1H3,(H2,18,19);1-7H,(H2,15,16)/b7-6+;. The summed E-state index contributed by atoms with van der Waals surface area (Å²) in [4.78, 5) is 20.2. The number of carbonyl (C=O) groups is 1. The highest BCUT2D eigenvalue weighted by Gasteiger charge is 2.07. The molecule has 0 aliphatic carbocycles. The van der Waals surface area contributed by atoms with E-state index in [4.69, 9.17) is 11.5 Å². The van der Waals surface area contributed by atoms with Crippen LogP contribution in [0, 0.1) is 0 Å². The van der Waals surface area contributed by atoms with Crippen LogP contribution in [0.15, 0.2) is 95.5 Å². The Balaban J connectivity index is 0.000000152. The lowest BCUT2D eigenvalue weighted by molar-refractivity contribution is -0.112. The summed E-state index contributed by atoms with van der Waals surface area (Å²) in [6, 6.07) is 27.5. The summed E-state index contributed by atoms with van der Waals surface area (Å²) in [5.41, 5.74) is 18.5. The molecular weight excluding hydrogens is 512 g/mol. The van der Waals surface area contributed by atoms with Crippen LogP contribution in [0.4, 0.5) is 11.4 Å². The van der Waals surface area contributed by atoms with E-state index in [0.29, 0.717) is 0 Å². The second-order valence-corrected chi connectivity index (χ2v) is 9.38. The molecule has 0 aliphatic heterocycles. The van der Waals surface area contributed by atoms with Gasteiger partial charge >= 0.3 is 0 Å². The fourth-order valence-electron chi connectivity index (χ4n) is 4.15. The molecular formula is C30H23BrN4O. The summed E-state index contributed by atoms with van der Waals surface area (Å²) in [7, 11) is 0. The van der Waals surface area contributed by atoms with Crippen LogP contribution in [0.3, 0.4) is 0 Å². The lowest BCUT2D eigenvalue weighted by Crippen LogP contribution is -1.93. The minimum absolute atomic E-state index is 0.0229. The van der Waals surface area contributed by atoms with Gasteiger partial charge in [0.25, 0.3) is 0 Å². The Labute approximate surface area is 216 Å². The van der Waals surface area contributed by atoms with Gasteiger partial charge in [-0.1, -0.05) is 64.5 Å². The van der Waals surface area contributed by atoms with E-state index in [2.05, 4.69) is 25.9 Å². The molecule has 6 aromatic rings. The number of allylic oxidation sites excluding steroid dienone is 1. The van der Waals surface area contributed by atoms with Gasteiger partial charge in [-0.3, -0.25) is 4.79 Å². The smallest absolute Gasteiger partial charge is 0.152 e. The largest absolute Gasteiger partial charge is 0.398 e. The van der Waals surface area contributed by atoms with E-state index in [9.17, 15) is 4.79 Å². The van der Waals surface area contributed by atoms with E-state index in [1.165, 1.54) is 6.92 Å². The van der Waals surface area contributed by atoms with Gasteiger partial charge in [-0.25, -0.2) is 9.97 Å². The molecule has 0 unspecified atom stereocenters. The predicted molar refractivity (Wildman–Crippen MR) is 155 cm³/mol. The van der Waals surface area contributed by atoms with Crippen LogP contribution in [0.1, 0.15) is 12.5 Å². The maximum atomic E-state index is 11.0. The zero-order valence-electron chi connectivity index (χ0n) is 19.6. The van der Waals surface area contributed by atoms with E-state index >= 15 is 0 Å². The number of para-hydroxylation sites is 2. The number of nitrogens with two attached hydrogens (primary N) is 2. The zero-order valence-corrected chi connectivity index (χ0v) is 21.2. The van der Waals surface area contributed by atoms with Crippen LogP contribution in [0.2, 0.25) is 0 Å². The molecule has 0 saturated heterocycles. The molecule has 4 N–H and O–H groups in total. The number of benzene rings is 4. The first-order valence-corrected chi connectivity index (χ1v) is 12.2. The Morgan fingerprint density at radius 2 is 1.19 bits per heavy atom. The number of carbonyl (C=O) groups excluding carboxylic acids is 1. The fourth-order valence-corrected chi connectivity index (χ4v) is 4.51. The molecule has 6 rings (SSSR count). The van der Waals surface area contributed by atoms with E-state index in [-0.39, 0.29) is 5.78 Å². The fraction of sp³-hybridized carbons (Fsp3) is 0.0333. The summed E-state index contributed by atoms with van der Waals surface area (Å²) >= 11 is 3.45. The number of pyridine rings is 2. The molecule has 0 aliphatic rings. The van der Waals surface area contributed by atoms with Gasteiger partial charge in [0.05, 0.1) is 33.4 Å². The highest BCUT2D eigenvalue weighted by Crippen LogP contribution is 2.30.